The summed E-state index contributed by atoms with van der Waals surface area (Å²) in [6.07, 6.45) is 0. The van der Waals surface area contributed by atoms with Gasteiger partial charge in [0.15, 0.2) is 0 Å². The molecule has 0 saturated carbocycles. The molecule has 0 atom stereocenters. The van der Waals surface area contributed by atoms with Gasteiger partial charge in [-0.2, -0.15) is 0 Å². The summed E-state index contributed by atoms with van der Waals surface area (Å²) in [4.78, 5) is 37.6. The van der Waals surface area contributed by atoms with Crippen molar-refractivity contribution in [3.8, 4) is 0 Å². The molecule has 116 valence electrons. The Kier molecular flexibility index (Phi) is 4.19. The molecule has 2 aromatic carbocycles. The Hall–Kier alpha value is -2.18. The number of rotatable bonds is 3. The summed E-state index contributed by atoms with van der Waals surface area (Å²) in [5.74, 6) is -1.46. The van der Waals surface area contributed by atoms with Crippen LogP contribution in [0, 0.1) is 0 Å². The molecule has 5 nitrogen and oxygen atoms in total. The summed E-state index contributed by atoms with van der Waals surface area (Å²) in [7, 11) is 0. The molecule has 1 heterocycles. The van der Waals surface area contributed by atoms with E-state index in [1.807, 2.05) is 0 Å². The zero-order valence-electron chi connectivity index (χ0n) is 11.7. The molecule has 1 N–H and O–H groups in total. The number of para-hydroxylation sites is 1. The molecule has 0 bridgehead atoms. The molecular weight excluding hydrogens is 384 g/mol. The monoisotopic (exact) mass is 392 g/mol. The molecule has 1 aliphatic heterocycles. The van der Waals surface area contributed by atoms with Crippen molar-refractivity contribution in [3.63, 3.8) is 0 Å². The standard InChI is InChI=1S/C16H10BrClN2O3/c17-9-5-6-10-11(7-9)16(23)20(15(10)22)8-14(21)19-13-4-2-1-3-12(13)18/h1-7H,8H2,(H,19,21). The second kappa shape index (κ2) is 6.14. The Bertz CT molecular complexity index is 838. The fraction of sp³-hybridized carbons (Fsp3) is 0.0625. The van der Waals surface area contributed by atoms with E-state index in [1.54, 1.807) is 42.5 Å². The Morgan fingerprint density at radius 1 is 1.09 bits per heavy atom. The second-order valence-corrected chi connectivity index (χ2v) is 6.24. The number of benzene rings is 2. The number of imide groups is 1. The number of hydrogen-bond donors (Lipinski definition) is 1. The van der Waals surface area contributed by atoms with Gasteiger partial charge in [-0.3, -0.25) is 19.3 Å². The van der Waals surface area contributed by atoms with Crippen LogP contribution in [0.3, 0.4) is 0 Å². The molecule has 3 amide bonds. The van der Waals surface area contributed by atoms with Crippen LogP contribution < -0.4 is 5.32 Å². The summed E-state index contributed by atoms with van der Waals surface area (Å²) < 4.78 is 0.694. The highest BCUT2D eigenvalue weighted by molar-refractivity contribution is 9.10. The van der Waals surface area contributed by atoms with Gasteiger partial charge in [0.25, 0.3) is 11.8 Å². The average molecular weight is 394 g/mol. The zero-order chi connectivity index (χ0) is 16.6. The van der Waals surface area contributed by atoms with Crippen molar-refractivity contribution < 1.29 is 14.4 Å². The van der Waals surface area contributed by atoms with Gasteiger partial charge in [-0.1, -0.05) is 39.7 Å². The molecule has 0 radical (unpaired) electrons. The minimum Gasteiger partial charge on any atom is -0.323 e. The minimum absolute atomic E-state index is 0.287. The molecule has 7 heteroatoms. The van der Waals surface area contributed by atoms with E-state index in [9.17, 15) is 14.4 Å². The van der Waals surface area contributed by atoms with E-state index < -0.39 is 17.7 Å². The van der Waals surface area contributed by atoms with Gasteiger partial charge in [0.05, 0.1) is 21.8 Å². The van der Waals surface area contributed by atoms with E-state index in [1.165, 1.54) is 0 Å². The van der Waals surface area contributed by atoms with Crippen LogP contribution in [-0.4, -0.2) is 29.2 Å². The lowest BCUT2D eigenvalue weighted by Crippen LogP contribution is -2.37. The molecule has 1 aliphatic rings. The summed E-state index contributed by atoms with van der Waals surface area (Å²) in [6.45, 7) is -0.366. The van der Waals surface area contributed by atoms with Gasteiger partial charge >= 0.3 is 0 Å². The van der Waals surface area contributed by atoms with Crippen molar-refractivity contribution in [2.75, 3.05) is 11.9 Å². The van der Waals surface area contributed by atoms with E-state index in [0.717, 1.165) is 4.90 Å². The van der Waals surface area contributed by atoms with Crippen LogP contribution in [0.1, 0.15) is 20.7 Å². The van der Waals surface area contributed by atoms with Crippen LogP contribution in [-0.2, 0) is 4.79 Å². The Balaban J connectivity index is 1.77. The van der Waals surface area contributed by atoms with Crippen LogP contribution in [0.2, 0.25) is 5.02 Å². The SMILES string of the molecule is O=C(CN1C(=O)c2ccc(Br)cc2C1=O)Nc1ccccc1Cl. The molecule has 2 aromatic rings. The molecular formula is C16H10BrClN2O3. The third-order valence-electron chi connectivity index (χ3n) is 3.38. The molecule has 3 rings (SSSR count). The Morgan fingerprint density at radius 3 is 2.52 bits per heavy atom. The van der Waals surface area contributed by atoms with Crippen LogP contribution in [0.25, 0.3) is 0 Å². The number of carbonyl (C=O) groups excluding carboxylic acids is 3. The van der Waals surface area contributed by atoms with E-state index in [-0.39, 0.29) is 12.1 Å². The molecule has 0 aliphatic carbocycles. The number of fused-ring (bicyclic) bond motifs is 1. The highest BCUT2D eigenvalue weighted by Crippen LogP contribution is 2.26. The van der Waals surface area contributed by atoms with Gasteiger partial charge in [0, 0.05) is 4.47 Å². The van der Waals surface area contributed by atoms with Crippen LogP contribution in [0.5, 0.6) is 0 Å². The Morgan fingerprint density at radius 2 is 1.78 bits per heavy atom. The number of carbonyl (C=O) groups is 3. The average Bonchev–Trinajstić information content (AvgIpc) is 2.74. The zero-order valence-corrected chi connectivity index (χ0v) is 14.0. The van der Waals surface area contributed by atoms with Crippen molar-refractivity contribution in [2.24, 2.45) is 0 Å². The lowest BCUT2D eigenvalue weighted by Gasteiger charge is -2.14. The van der Waals surface area contributed by atoms with Crippen molar-refractivity contribution >= 4 is 50.9 Å². The normalized spacial score (nSPS) is 13.2. The number of anilines is 1. The van der Waals surface area contributed by atoms with Gasteiger partial charge < -0.3 is 5.32 Å². The topological polar surface area (TPSA) is 66.5 Å². The summed E-state index contributed by atoms with van der Waals surface area (Å²) >= 11 is 9.22. The maximum atomic E-state index is 12.3. The van der Waals surface area contributed by atoms with E-state index in [0.29, 0.717) is 20.7 Å². The van der Waals surface area contributed by atoms with E-state index in [2.05, 4.69) is 21.2 Å². The molecule has 0 fully saturated rings. The summed E-state index contributed by atoms with van der Waals surface area (Å²) in [6, 6.07) is 11.5. The first-order valence-corrected chi connectivity index (χ1v) is 7.84. The third kappa shape index (κ3) is 3.00. The highest BCUT2D eigenvalue weighted by Gasteiger charge is 2.36. The third-order valence-corrected chi connectivity index (χ3v) is 4.21. The van der Waals surface area contributed by atoms with Crippen molar-refractivity contribution in [1.82, 2.24) is 4.90 Å². The van der Waals surface area contributed by atoms with Gasteiger partial charge in [0.1, 0.15) is 6.54 Å². The predicted octanol–water partition coefficient (Wildman–Crippen LogP) is 3.34. The van der Waals surface area contributed by atoms with E-state index >= 15 is 0 Å². The first-order chi connectivity index (χ1) is 11.0. The lowest BCUT2D eigenvalue weighted by molar-refractivity contribution is -0.116. The van der Waals surface area contributed by atoms with Gasteiger partial charge in [0.2, 0.25) is 5.91 Å². The fourth-order valence-electron chi connectivity index (χ4n) is 2.30. The maximum absolute atomic E-state index is 12.3. The lowest BCUT2D eigenvalue weighted by atomic mass is 10.1. The van der Waals surface area contributed by atoms with Gasteiger partial charge in [-0.15, -0.1) is 0 Å². The molecule has 0 saturated heterocycles. The number of halogens is 2. The van der Waals surface area contributed by atoms with Crippen molar-refractivity contribution in [3.05, 3.63) is 63.1 Å². The smallest absolute Gasteiger partial charge is 0.262 e. The quantitative estimate of drug-likeness (QED) is 0.813. The van der Waals surface area contributed by atoms with Gasteiger partial charge in [-0.05, 0) is 30.3 Å². The molecule has 23 heavy (non-hydrogen) atoms. The van der Waals surface area contributed by atoms with Crippen LogP contribution in [0.15, 0.2) is 46.9 Å². The molecule has 0 spiro atoms. The molecule has 0 aromatic heterocycles. The fourth-order valence-corrected chi connectivity index (χ4v) is 2.85. The van der Waals surface area contributed by atoms with Crippen LogP contribution in [0.4, 0.5) is 5.69 Å². The first-order valence-electron chi connectivity index (χ1n) is 6.67. The largest absolute Gasteiger partial charge is 0.323 e. The molecule has 0 unspecified atom stereocenters. The number of hydrogen-bond acceptors (Lipinski definition) is 3. The summed E-state index contributed by atoms with van der Waals surface area (Å²) in [5, 5.41) is 2.97. The minimum atomic E-state index is -0.494. The second-order valence-electron chi connectivity index (χ2n) is 4.91. The number of nitrogens with zero attached hydrogens (tertiary/aromatic N) is 1. The van der Waals surface area contributed by atoms with Crippen molar-refractivity contribution in [1.29, 1.82) is 0 Å². The highest BCUT2D eigenvalue weighted by atomic mass is 79.9. The van der Waals surface area contributed by atoms with Crippen LogP contribution >= 0.6 is 27.5 Å². The van der Waals surface area contributed by atoms with Gasteiger partial charge in [-0.25, -0.2) is 0 Å². The predicted molar refractivity (Wildman–Crippen MR) is 89.6 cm³/mol. The van der Waals surface area contributed by atoms with Crippen molar-refractivity contribution in [2.45, 2.75) is 0 Å². The number of amides is 3. The maximum Gasteiger partial charge on any atom is 0.262 e. The Labute approximate surface area is 145 Å². The first kappa shape index (κ1) is 15.7. The summed E-state index contributed by atoms with van der Waals surface area (Å²) in [5.41, 5.74) is 1.01. The van der Waals surface area contributed by atoms with E-state index in [4.69, 9.17) is 11.6 Å². The number of nitrogens with one attached hydrogen (secondary N) is 1.